The number of methoxy groups -OCH3 is 2. The number of anilines is 2. The van der Waals surface area contributed by atoms with E-state index in [1.54, 1.807) is 62.6 Å². The number of hydrogen-bond acceptors (Lipinski definition) is 9. The highest BCUT2D eigenvalue weighted by molar-refractivity contribution is 7.99. The second kappa shape index (κ2) is 11.2. The lowest BCUT2D eigenvalue weighted by Gasteiger charge is -2.29. The first-order valence-electron chi connectivity index (χ1n) is 13.4. The van der Waals surface area contributed by atoms with Gasteiger partial charge < -0.3 is 19.1 Å². The van der Waals surface area contributed by atoms with Gasteiger partial charge in [-0.05, 0) is 68.0 Å². The van der Waals surface area contributed by atoms with Crippen LogP contribution in [0.25, 0.3) is 6.08 Å². The van der Waals surface area contributed by atoms with Crippen molar-refractivity contribution in [3.63, 3.8) is 0 Å². The van der Waals surface area contributed by atoms with Gasteiger partial charge >= 0.3 is 5.97 Å². The Morgan fingerprint density at radius 2 is 1.81 bits per heavy atom. The van der Waals surface area contributed by atoms with Crippen LogP contribution in [0, 0.1) is 0 Å². The SMILES string of the molecule is CCOC(=O)C1=C(C)N=c2s/c(=C/c3ccc4c(c3)Sc3ccccc3N4C)c(=O)n2[C@H]1c1cc(OC)ccc1OC. The molecule has 0 spiro atoms. The Labute approximate surface area is 251 Å². The van der Waals surface area contributed by atoms with E-state index in [2.05, 4.69) is 36.2 Å². The summed E-state index contributed by atoms with van der Waals surface area (Å²) in [5.41, 5.74) is 4.30. The van der Waals surface area contributed by atoms with Gasteiger partial charge in [0.25, 0.3) is 5.56 Å². The van der Waals surface area contributed by atoms with Crippen molar-refractivity contribution in [2.45, 2.75) is 29.7 Å². The van der Waals surface area contributed by atoms with Crippen molar-refractivity contribution in [3.05, 3.63) is 103 Å². The lowest BCUT2D eigenvalue weighted by Crippen LogP contribution is -2.40. The Kier molecular flexibility index (Phi) is 7.42. The number of thiazole rings is 1. The fourth-order valence-corrected chi connectivity index (χ4v) is 7.58. The molecule has 3 heterocycles. The number of fused-ring (bicyclic) bond motifs is 3. The first-order chi connectivity index (χ1) is 20.3. The summed E-state index contributed by atoms with van der Waals surface area (Å²) in [5, 5.41) is 0. The molecule has 2 aliphatic rings. The minimum atomic E-state index is -0.809. The van der Waals surface area contributed by atoms with E-state index in [0.29, 0.717) is 32.1 Å². The fourth-order valence-electron chi connectivity index (χ4n) is 5.34. The maximum atomic E-state index is 14.1. The number of rotatable bonds is 6. The summed E-state index contributed by atoms with van der Waals surface area (Å²) < 4.78 is 18.7. The van der Waals surface area contributed by atoms with E-state index in [1.807, 2.05) is 24.3 Å². The molecule has 0 unspecified atom stereocenters. The number of carbonyl (C=O) groups excluding carboxylic acids is 1. The average molecular weight is 600 g/mol. The monoisotopic (exact) mass is 599 g/mol. The quantitative estimate of drug-likeness (QED) is 0.287. The zero-order chi connectivity index (χ0) is 29.5. The molecule has 10 heteroatoms. The summed E-state index contributed by atoms with van der Waals surface area (Å²) in [6.07, 6.45) is 1.88. The Morgan fingerprint density at radius 3 is 2.57 bits per heavy atom. The number of para-hydroxylation sites is 1. The number of hydrogen-bond donors (Lipinski definition) is 0. The number of esters is 1. The van der Waals surface area contributed by atoms with Gasteiger partial charge in [0.15, 0.2) is 4.80 Å². The van der Waals surface area contributed by atoms with E-state index in [4.69, 9.17) is 19.2 Å². The van der Waals surface area contributed by atoms with Crippen molar-refractivity contribution in [1.82, 2.24) is 4.57 Å². The van der Waals surface area contributed by atoms with Crippen LogP contribution in [0.2, 0.25) is 0 Å². The Morgan fingerprint density at radius 1 is 1.02 bits per heavy atom. The van der Waals surface area contributed by atoms with Crippen molar-refractivity contribution in [2.75, 3.05) is 32.8 Å². The van der Waals surface area contributed by atoms with Crippen LogP contribution < -0.4 is 29.3 Å². The largest absolute Gasteiger partial charge is 0.497 e. The number of aromatic nitrogens is 1. The summed E-state index contributed by atoms with van der Waals surface area (Å²) in [6, 6.07) is 19.0. The number of ether oxygens (including phenoxy) is 3. The highest BCUT2D eigenvalue weighted by Gasteiger charge is 2.35. The highest BCUT2D eigenvalue weighted by atomic mass is 32.2. The minimum Gasteiger partial charge on any atom is -0.497 e. The summed E-state index contributed by atoms with van der Waals surface area (Å²) >= 11 is 3.00. The standard InChI is InChI=1S/C32H29N3O5S2/c1-6-40-31(37)28-18(2)33-32-35(29(28)21-17-20(38-4)12-14-24(21)39-5)30(36)27(42-32)16-19-11-13-23-26(15-19)41-25-10-8-7-9-22(25)34(23)3/h7-17,29H,6H2,1-5H3/b27-16+/t29-/m0/s1. The van der Waals surface area contributed by atoms with E-state index >= 15 is 0 Å². The smallest absolute Gasteiger partial charge is 0.338 e. The molecule has 8 nitrogen and oxygen atoms in total. The second-order valence-corrected chi connectivity index (χ2v) is 11.9. The van der Waals surface area contributed by atoms with Crippen LogP contribution in [0.1, 0.15) is 31.0 Å². The number of carbonyl (C=O) groups is 1. The van der Waals surface area contributed by atoms with Gasteiger partial charge in [-0.1, -0.05) is 41.3 Å². The van der Waals surface area contributed by atoms with Crippen molar-refractivity contribution in [2.24, 2.45) is 4.99 Å². The van der Waals surface area contributed by atoms with Gasteiger partial charge in [0.05, 0.1) is 48.0 Å². The van der Waals surface area contributed by atoms with Crippen LogP contribution >= 0.6 is 23.1 Å². The maximum Gasteiger partial charge on any atom is 0.338 e. The van der Waals surface area contributed by atoms with Crippen molar-refractivity contribution < 1.29 is 19.0 Å². The fraction of sp³-hybridized carbons (Fsp3) is 0.219. The van der Waals surface area contributed by atoms with E-state index in [9.17, 15) is 9.59 Å². The van der Waals surface area contributed by atoms with Gasteiger partial charge in [0.2, 0.25) is 0 Å². The molecule has 0 saturated heterocycles. The molecule has 1 aromatic heterocycles. The maximum absolute atomic E-state index is 14.1. The Hall–Kier alpha value is -4.28. The molecule has 42 heavy (non-hydrogen) atoms. The van der Waals surface area contributed by atoms with Crippen LogP contribution in [0.15, 0.2) is 91.5 Å². The van der Waals surface area contributed by atoms with Crippen molar-refractivity contribution >= 4 is 46.5 Å². The Bertz CT molecular complexity index is 1940. The molecule has 2 aliphatic heterocycles. The molecular formula is C32H29N3O5S2. The topological polar surface area (TPSA) is 82.4 Å². The zero-order valence-electron chi connectivity index (χ0n) is 23.8. The Balaban J connectivity index is 1.51. The van der Waals surface area contributed by atoms with Crippen molar-refractivity contribution in [3.8, 4) is 11.5 Å². The van der Waals surface area contributed by atoms with Gasteiger partial charge in [-0.15, -0.1) is 0 Å². The number of allylic oxidation sites excluding steroid dienone is 1. The van der Waals surface area contributed by atoms with Crippen LogP contribution in [-0.2, 0) is 9.53 Å². The summed E-state index contributed by atoms with van der Waals surface area (Å²) in [7, 11) is 5.18. The van der Waals surface area contributed by atoms with Gasteiger partial charge in [0.1, 0.15) is 17.5 Å². The molecular weight excluding hydrogens is 571 g/mol. The molecule has 0 saturated carbocycles. The average Bonchev–Trinajstić information content (AvgIpc) is 3.29. The molecule has 0 bridgehead atoms. The molecule has 214 valence electrons. The predicted molar refractivity (Wildman–Crippen MR) is 165 cm³/mol. The third kappa shape index (κ3) is 4.70. The van der Waals surface area contributed by atoms with Gasteiger partial charge in [0, 0.05) is 22.4 Å². The number of benzene rings is 3. The van der Waals surface area contributed by atoms with Crippen molar-refractivity contribution in [1.29, 1.82) is 0 Å². The molecule has 3 aromatic carbocycles. The third-order valence-corrected chi connectivity index (χ3v) is 9.43. The van der Waals surface area contributed by atoms with Crippen LogP contribution in [0.5, 0.6) is 11.5 Å². The summed E-state index contributed by atoms with van der Waals surface area (Å²) in [6.45, 7) is 3.70. The minimum absolute atomic E-state index is 0.192. The van der Waals surface area contributed by atoms with Crippen LogP contribution in [0.3, 0.4) is 0 Å². The summed E-state index contributed by atoms with van der Waals surface area (Å²) in [4.78, 5) is 37.0. The first-order valence-corrected chi connectivity index (χ1v) is 15.0. The lowest BCUT2D eigenvalue weighted by atomic mass is 9.94. The molecule has 0 radical (unpaired) electrons. The van der Waals surface area contributed by atoms with Crippen LogP contribution in [0.4, 0.5) is 11.4 Å². The molecule has 0 amide bonds. The molecule has 6 rings (SSSR count). The molecule has 0 fully saturated rings. The zero-order valence-corrected chi connectivity index (χ0v) is 25.5. The van der Waals surface area contributed by atoms with E-state index in [0.717, 1.165) is 21.8 Å². The number of nitrogens with zero attached hydrogens (tertiary/aromatic N) is 3. The predicted octanol–water partition coefficient (Wildman–Crippen LogP) is 5.05. The molecule has 4 aromatic rings. The normalized spacial score (nSPS) is 15.9. The van der Waals surface area contributed by atoms with E-state index < -0.39 is 12.0 Å². The molecule has 1 atom stereocenters. The lowest BCUT2D eigenvalue weighted by molar-refractivity contribution is -0.139. The van der Waals surface area contributed by atoms with Gasteiger partial charge in [-0.3, -0.25) is 9.36 Å². The highest BCUT2D eigenvalue weighted by Crippen LogP contribution is 2.47. The van der Waals surface area contributed by atoms with Crippen LogP contribution in [-0.4, -0.2) is 38.4 Å². The van der Waals surface area contributed by atoms with E-state index in [-0.39, 0.29) is 17.7 Å². The summed E-state index contributed by atoms with van der Waals surface area (Å²) in [5.74, 6) is 0.561. The van der Waals surface area contributed by atoms with E-state index in [1.165, 1.54) is 16.2 Å². The molecule has 0 aliphatic carbocycles. The first kappa shape index (κ1) is 27.9. The second-order valence-electron chi connectivity index (χ2n) is 9.77. The molecule has 0 N–H and O–H groups in total. The van der Waals surface area contributed by atoms with Gasteiger partial charge in [-0.2, -0.15) is 0 Å². The van der Waals surface area contributed by atoms with Gasteiger partial charge in [-0.25, -0.2) is 9.79 Å². The third-order valence-electron chi connectivity index (χ3n) is 7.34.